The number of nitrogens with one attached hydrogen (secondary N) is 2. The minimum atomic E-state index is -3.76. The molecule has 0 aliphatic heterocycles. The summed E-state index contributed by atoms with van der Waals surface area (Å²) in [7, 11) is -2.22. The monoisotopic (exact) mass is 476 g/mol. The molecule has 0 heterocycles. The van der Waals surface area contributed by atoms with E-state index in [4.69, 9.17) is 16.3 Å². The highest BCUT2D eigenvalue weighted by Gasteiger charge is 2.17. The summed E-state index contributed by atoms with van der Waals surface area (Å²) in [5, 5.41) is 3.09. The van der Waals surface area contributed by atoms with Crippen LogP contribution in [-0.2, 0) is 14.8 Å². The highest BCUT2D eigenvalue weighted by Crippen LogP contribution is 2.26. The van der Waals surface area contributed by atoms with E-state index in [1.165, 1.54) is 31.0 Å². The highest BCUT2D eigenvalue weighted by molar-refractivity contribution is 8.00. The van der Waals surface area contributed by atoms with Gasteiger partial charge in [-0.15, -0.1) is 11.8 Å². The lowest BCUT2D eigenvalue weighted by atomic mass is 10.3. The van der Waals surface area contributed by atoms with Crippen LogP contribution in [0.15, 0.2) is 82.6 Å². The van der Waals surface area contributed by atoms with Crippen molar-refractivity contribution in [3.8, 4) is 5.75 Å². The second-order valence-electron chi connectivity index (χ2n) is 6.56. The zero-order chi connectivity index (χ0) is 22.4. The zero-order valence-corrected chi connectivity index (χ0v) is 19.2. The van der Waals surface area contributed by atoms with Gasteiger partial charge in [-0.1, -0.05) is 11.6 Å². The minimum Gasteiger partial charge on any atom is -0.497 e. The highest BCUT2D eigenvalue weighted by atomic mass is 35.5. The number of amides is 1. The number of sulfonamides is 1. The number of benzene rings is 3. The number of hydrogen-bond acceptors (Lipinski definition) is 5. The van der Waals surface area contributed by atoms with Crippen LogP contribution >= 0.6 is 23.4 Å². The van der Waals surface area contributed by atoms with Crippen LogP contribution in [0.2, 0.25) is 5.02 Å². The average Bonchev–Trinajstić information content (AvgIpc) is 2.76. The maximum atomic E-state index is 12.6. The van der Waals surface area contributed by atoms with E-state index in [2.05, 4.69) is 10.0 Å². The molecular formula is C22H21ClN2O4S2. The van der Waals surface area contributed by atoms with Crippen molar-refractivity contribution in [3.63, 3.8) is 0 Å². The molecule has 1 amide bonds. The molecule has 162 valence electrons. The number of halogens is 1. The van der Waals surface area contributed by atoms with Crippen LogP contribution in [0.25, 0.3) is 0 Å². The van der Waals surface area contributed by atoms with Crippen molar-refractivity contribution < 1.29 is 17.9 Å². The normalized spacial score (nSPS) is 12.1. The number of carbonyl (C=O) groups excluding carboxylic acids is 1. The van der Waals surface area contributed by atoms with Gasteiger partial charge in [-0.2, -0.15) is 0 Å². The van der Waals surface area contributed by atoms with Crippen LogP contribution in [0.5, 0.6) is 5.75 Å². The third-order valence-corrected chi connectivity index (χ3v) is 7.03. The average molecular weight is 477 g/mol. The first-order valence-corrected chi connectivity index (χ1v) is 12.0. The Kier molecular flexibility index (Phi) is 7.48. The number of ether oxygens (including phenoxy) is 1. The molecule has 0 saturated heterocycles. The topological polar surface area (TPSA) is 84.5 Å². The molecule has 1 atom stereocenters. The molecule has 0 fully saturated rings. The first kappa shape index (κ1) is 23.0. The first-order chi connectivity index (χ1) is 14.8. The summed E-state index contributed by atoms with van der Waals surface area (Å²) < 4.78 is 32.7. The van der Waals surface area contributed by atoms with Gasteiger partial charge in [0.25, 0.3) is 10.0 Å². The maximum Gasteiger partial charge on any atom is 0.261 e. The van der Waals surface area contributed by atoms with Gasteiger partial charge in [0.2, 0.25) is 5.91 Å². The van der Waals surface area contributed by atoms with E-state index in [0.29, 0.717) is 22.1 Å². The molecule has 3 rings (SSSR count). The maximum absolute atomic E-state index is 12.6. The number of rotatable bonds is 8. The fraction of sp³-hybridized carbons (Fsp3) is 0.136. The predicted octanol–water partition coefficient (Wildman–Crippen LogP) is 5.27. The summed E-state index contributed by atoms with van der Waals surface area (Å²) in [5.74, 6) is 0.443. The molecule has 3 aromatic carbocycles. The molecular weight excluding hydrogens is 456 g/mol. The molecule has 0 aromatic heterocycles. The van der Waals surface area contributed by atoms with Crippen LogP contribution in [-0.4, -0.2) is 26.7 Å². The van der Waals surface area contributed by atoms with E-state index in [1.54, 1.807) is 55.5 Å². The number of thioether (sulfide) groups is 1. The molecule has 31 heavy (non-hydrogen) atoms. The fourth-order valence-electron chi connectivity index (χ4n) is 2.61. The molecule has 0 spiro atoms. The predicted molar refractivity (Wildman–Crippen MR) is 126 cm³/mol. The third kappa shape index (κ3) is 6.40. The Morgan fingerprint density at radius 3 is 2.10 bits per heavy atom. The minimum absolute atomic E-state index is 0.0879. The van der Waals surface area contributed by atoms with Gasteiger partial charge < -0.3 is 10.1 Å². The summed E-state index contributed by atoms with van der Waals surface area (Å²) >= 11 is 7.28. The van der Waals surface area contributed by atoms with Crippen molar-refractivity contribution in [3.05, 3.63) is 77.8 Å². The molecule has 0 radical (unpaired) electrons. The standard InChI is InChI=1S/C22H21ClN2O4S2/c1-15(30-20-11-3-16(23)4-12-20)22(26)24-17-7-13-21(14-8-17)31(27,28)25-18-5-9-19(29-2)10-6-18/h3-15,25H,1-2H3,(H,24,26)/t15-/m1/s1. The molecule has 9 heteroatoms. The van der Waals surface area contributed by atoms with Crippen molar-refractivity contribution in [2.75, 3.05) is 17.1 Å². The number of hydrogen-bond donors (Lipinski definition) is 2. The van der Waals surface area contributed by atoms with Crippen molar-refractivity contribution >= 4 is 50.7 Å². The van der Waals surface area contributed by atoms with Crippen molar-refractivity contribution in [2.45, 2.75) is 22.0 Å². The summed E-state index contributed by atoms with van der Waals surface area (Å²) in [4.78, 5) is 13.5. The van der Waals surface area contributed by atoms with E-state index in [0.717, 1.165) is 4.90 Å². The van der Waals surface area contributed by atoms with Gasteiger partial charge in [-0.05, 0) is 79.7 Å². The molecule has 0 aliphatic carbocycles. The summed E-state index contributed by atoms with van der Waals surface area (Å²) in [5.41, 5.74) is 0.934. The van der Waals surface area contributed by atoms with Gasteiger partial charge in [-0.3, -0.25) is 9.52 Å². The Labute approximate surface area is 191 Å². The van der Waals surface area contributed by atoms with E-state index >= 15 is 0 Å². The Balaban J connectivity index is 1.61. The van der Waals surface area contributed by atoms with Crippen LogP contribution in [0.1, 0.15) is 6.92 Å². The first-order valence-electron chi connectivity index (χ1n) is 9.27. The van der Waals surface area contributed by atoms with Gasteiger partial charge in [-0.25, -0.2) is 8.42 Å². The van der Waals surface area contributed by atoms with Crippen LogP contribution in [0, 0.1) is 0 Å². The third-order valence-electron chi connectivity index (χ3n) is 4.27. The smallest absolute Gasteiger partial charge is 0.261 e. The van der Waals surface area contributed by atoms with Crippen LogP contribution in [0.4, 0.5) is 11.4 Å². The number of carbonyl (C=O) groups is 1. The van der Waals surface area contributed by atoms with E-state index in [1.807, 2.05) is 12.1 Å². The summed E-state index contributed by atoms with van der Waals surface area (Å²) in [6.07, 6.45) is 0. The molecule has 0 aliphatic rings. The Morgan fingerprint density at radius 1 is 0.935 bits per heavy atom. The van der Waals surface area contributed by atoms with E-state index < -0.39 is 10.0 Å². The lowest BCUT2D eigenvalue weighted by molar-refractivity contribution is -0.115. The van der Waals surface area contributed by atoms with Gasteiger partial charge >= 0.3 is 0 Å². The largest absolute Gasteiger partial charge is 0.497 e. The zero-order valence-electron chi connectivity index (χ0n) is 16.8. The second kappa shape index (κ2) is 10.1. The summed E-state index contributed by atoms with van der Waals surface area (Å²) in [6, 6.07) is 19.8. The van der Waals surface area contributed by atoms with Gasteiger partial charge in [0.1, 0.15) is 5.75 Å². The molecule has 0 unspecified atom stereocenters. The van der Waals surface area contributed by atoms with Gasteiger partial charge in [0.15, 0.2) is 0 Å². The van der Waals surface area contributed by atoms with Crippen molar-refractivity contribution in [2.24, 2.45) is 0 Å². The molecule has 6 nitrogen and oxygen atoms in total. The van der Waals surface area contributed by atoms with Gasteiger partial charge in [0, 0.05) is 21.3 Å². The second-order valence-corrected chi connectivity index (χ2v) is 10.1. The van der Waals surface area contributed by atoms with E-state index in [-0.39, 0.29) is 16.1 Å². The van der Waals surface area contributed by atoms with Crippen LogP contribution in [0.3, 0.4) is 0 Å². The van der Waals surface area contributed by atoms with Crippen LogP contribution < -0.4 is 14.8 Å². The van der Waals surface area contributed by atoms with E-state index in [9.17, 15) is 13.2 Å². The molecule has 0 saturated carbocycles. The number of methoxy groups -OCH3 is 1. The van der Waals surface area contributed by atoms with Gasteiger partial charge in [0.05, 0.1) is 17.3 Å². The quantitative estimate of drug-likeness (QED) is 0.433. The number of anilines is 2. The lowest BCUT2D eigenvalue weighted by Crippen LogP contribution is -2.22. The molecule has 3 aromatic rings. The van der Waals surface area contributed by atoms with Crippen molar-refractivity contribution in [1.29, 1.82) is 0 Å². The van der Waals surface area contributed by atoms with Crippen molar-refractivity contribution in [1.82, 2.24) is 0 Å². The Bertz CT molecular complexity index is 1130. The molecule has 2 N–H and O–H groups in total. The fourth-order valence-corrected chi connectivity index (χ4v) is 4.66. The SMILES string of the molecule is COc1ccc(NS(=O)(=O)c2ccc(NC(=O)[C@@H](C)Sc3ccc(Cl)cc3)cc2)cc1. The summed E-state index contributed by atoms with van der Waals surface area (Å²) in [6.45, 7) is 1.80. The Morgan fingerprint density at radius 2 is 1.52 bits per heavy atom. The lowest BCUT2D eigenvalue weighted by Gasteiger charge is -2.13. The Hall–Kier alpha value is -2.68. The molecule has 0 bridgehead atoms.